The Balaban J connectivity index is 1.20. The molecule has 0 fully saturated rings. The molecule has 0 radical (unpaired) electrons. The molecular formula is C30H27NO4. The zero-order chi connectivity index (χ0) is 24.0. The highest BCUT2D eigenvalue weighted by atomic mass is 16.5. The molecule has 176 valence electrons. The topological polar surface area (TPSA) is 67.8 Å². The molecule has 1 aliphatic carbocycles. The molecule has 0 bridgehead atoms. The van der Waals surface area contributed by atoms with Crippen LogP contribution in [0.15, 0.2) is 103 Å². The third-order valence-electron chi connectivity index (χ3n) is 6.25. The van der Waals surface area contributed by atoms with Crippen LogP contribution in [0.1, 0.15) is 22.6 Å². The van der Waals surface area contributed by atoms with E-state index in [4.69, 9.17) is 9.47 Å². The standard InChI is InChI=1S/C30H27NO4/c32-19-22(17-21-9-8-12-24(18-21)35-23-10-2-1-3-11-23)31-30(33)34-20-29-27-15-6-4-13-25(27)26-14-5-7-16-28(26)29/h1-16,18,22,29,32H,17,19-20H2,(H,31,33)/t22-/m0/s1. The Bertz CT molecular complexity index is 1260. The Morgan fingerprint density at radius 2 is 1.43 bits per heavy atom. The number of aliphatic hydroxyl groups excluding tert-OH is 1. The van der Waals surface area contributed by atoms with E-state index in [0.717, 1.165) is 22.4 Å². The molecule has 0 spiro atoms. The first kappa shape index (κ1) is 22.7. The Kier molecular flexibility index (Phi) is 6.77. The van der Waals surface area contributed by atoms with Gasteiger partial charge < -0.3 is 19.9 Å². The number of aliphatic hydroxyl groups is 1. The largest absolute Gasteiger partial charge is 0.457 e. The van der Waals surface area contributed by atoms with Gasteiger partial charge in [-0.2, -0.15) is 0 Å². The Morgan fingerprint density at radius 3 is 2.11 bits per heavy atom. The van der Waals surface area contributed by atoms with Gasteiger partial charge in [0.25, 0.3) is 0 Å². The zero-order valence-corrected chi connectivity index (χ0v) is 19.3. The number of carbonyl (C=O) groups is 1. The summed E-state index contributed by atoms with van der Waals surface area (Å²) in [6.45, 7) is 0.0341. The molecular weight excluding hydrogens is 438 g/mol. The molecule has 0 saturated heterocycles. The summed E-state index contributed by atoms with van der Waals surface area (Å²) in [6.07, 6.45) is -0.0882. The van der Waals surface area contributed by atoms with Crippen molar-refractivity contribution in [1.82, 2.24) is 5.32 Å². The van der Waals surface area contributed by atoms with Crippen molar-refractivity contribution in [2.45, 2.75) is 18.4 Å². The fourth-order valence-electron chi connectivity index (χ4n) is 4.61. The zero-order valence-electron chi connectivity index (χ0n) is 19.3. The van der Waals surface area contributed by atoms with Crippen LogP contribution in [0.2, 0.25) is 0 Å². The average molecular weight is 466 g/mol. The third kappa shape index (κ3) is 5.20. The van der Waals surface area contributed by atoms with E-state index in [0.29, 0.717) is 12.2 Å². The number of nitrogens with one attached hydrogen (secondary N) is 1. The van der Waals surface area contributed by atoms with Crippen LogP contribution in [0.4, 0.5) is 4.79 Å². The number of alkyl carbamates (subject to hydrolysis) is 1. The molecule has 5 heteroatoms. The second-order valence-electron chi connectivity index (χ2n) is 8.62. The van der Waals surface area contributed by atoms with Crippen LogP contribution in [0.3, 0.4) is 0 Å². The van der Waals surface area contributed by atoms with Crippen molar-refractivity contribution in [2.24, 2.45) is 0 Å². The highest BCUT2D eigenvalue weighted by Crippen LogP contribution is 2.44. The molecule has 1 aliphatic rings. The smallest absolute Gasteiger partial charge is 0.407 e. The first-order chi connectivity index (χ1) is 17.2. The molecule has 0 aromatic heterocycles. The van der Waals surface area contributed by atoms with Gasteiger partial charge in [-0.3, -0.25) is 0 Å². The summed E-state index contributed by atoms with van der Waals surface area (Å²) in [6, 6.07) is 33.2. The summed E-state index contributed by atoms with van der Waals surface area (Å²) in [5, 5.41) is 12.7. The number of hydrogen-bond acceptors (Lipinski definition) is 4. The predicted octanol–water partition coefficient (Wildman–Crippen LogP) is 5.92. The lowest BCUT2D eigenvalue weighted by Gasteiger charge is -2.19. The Labute approximate surface area is 205 Å². The molecule has 5 nitrogen and oxygen atoms in total. The molecule has 1 amide bonds. The lowest BCUT2D eigenvalue weighted by molar-refractivity contribution is 0.132. The van der Waals surface area contributed by atoms with Gasteiger partial charge in [-0.25, -0.2) is 4.79 Å². The maximum absolute atomic E-state index is 12.6. The van der Waals surface area contributed by atoms with Crippen molar-refractivity contribution in [3.63, 3.8) is 0 Å². The number of para-hydroxylation sites is 1. The third-order valence-corrected chi connectivity index (χ3v) is 6.25. The molecule has 0 saturated carbocycles. The summed E-state index contributed by atoms with van der Waals surface area (Å²) < 4.78 is 11.5. The van der Waals surface area contributed by atoms with Gasteiger partial charge in [0, 0.05) is 5.92 Å². The Morgan fingerprint density at radius 1 is 0.800 bits per heavy atom. The minimum absolute atomic E-state index is 0.00690. The fourth-order valence-corrected chi connectivity index (χ4v) is 4.61. The Hall–Kier alpha value is -4.09. The molecule has 2 N–H and O–H groups in total. The van der Waals surface area contributed by atoms with Crippen molar-refractivity contribution in [1.29, 1.82) is 0 Å². The summed E-state index contributed by atoms with van der Waals surface area (Å²) >= 11 is 0. The number of amides is 1. The first-order valence-corrected chi connectivity index (χ1v) is 11.8. The van der Waals surface area contributed by atoms with Gasteiger partial charge in [0.05, 0.1) is 12.6 Å². The predicted molar refractivity (Wildman–Crippen MR) is 136 cm³/mol. The number of hydrogen-bond donors (Lipinski definition) is 2. The molecule has 0 unspecified atom stereocenters. The van der Waals surface area contributed by atoms with E-state index < -0.39 is 12.1 Å². The summed E-state index contributed by atoms with van der Waals surface area (Å²) in [5.74, 6) is 1.44. The van der Waals surface area contributed by atoms with E-state index in [9.17, 15) is 9.90 Å². The molecule has 0 heterocycles. The second kappa shape index (κ2) is 10.5. The van der Waals surface area contributed by atoms with Crippen LogP contribution >= 0.6 is 0 Å². The molecule has 0 aliphatic heterocycles. The molecule has 1 atom stereocenters. The minimum atomic E-state index is -0.539. The van der Waals surface area contributed by atoms with Crippen molar-refractivity contribution in [3.8, 4) is 22.6 Å². The van der Waals surface area contributed by atoms with Gasteiger partial charge in [0.15, 0.2) is 0 Å². The van der Waals surface area contributed by atoms with Crippen LogP contribution < -0.4 is 10.1 Å². The molecule has 35 heavy (non-hydrogen) atoms. The average Bonchev–Trinajstić information content (AvgIpc) is 3.21. The highest BCUT2D eigenvalue weighted by Gasteiger charge is 2.29. The molecule has 4 aromatic rings. The van der Waals surface area contributed by atoms with Crippen LogP contribution in [0.25, 0.3) is 11.1 Å². The minimum Gasteiger partial charge on any atom is -0.457 e. The number of fused-ring (bicyclic) bond motifs is 3. The second-order valence-corrected chi connectivity index (χ2v) is 8.62. The van der Waals surface area contributed by atoms with Gasteiger partial charge >= 0.3 is 6.09 Å². The van der Waals surface area contributed by atoms with Gasteiger partial charge in [-0.05, 0) is 58.5 Å². The monoisotopic (exact) mass is 465 g/mol. The first-order valence-electron chi connectivity index (χ1n) is 11.8. The van der Waals surface area contributed by atoms with Crippen molar-refractivity contribution in [3.05, 3.63) is 120 Å². The number of benzene rings is 4. The number of carbonyl (C=O) groups excluding carboxylic acids is 1. The number of ether oxygens (including phenoxy) is 2. The van der Waals surface area contributed by atoms with Gasteiger partial charge in [-0.1, -0.05) is 78.9 Å². The quantitative estimate of drug-likeness (QED) is 0.339. The summed E-state index contributed by atoms with van der Waals surface area (Å²) in [4.78, 5) is 12.6. The fraction of sp³-hybridized carbons (Fsp3) is 0.167. The van der Waals surface area contributed by atoms with Crippen LogP contribution in [0.5, 0.6) is 11.5 Å². The van der Waals surface area contributed by atoms with Crippen molar-refractivity contribution in [2.75, 3.05) is 13.2 Å². The van der Waals surface area contributed by atoms with E-state index in [2.05, 4.69) is 29.6 Å². The van der Waals surface area contributed by atoms with Gasteiger partial charge in [-0.15, -0.1) is 0 Å². The number of rotatable bonds is 8. The van der Waals surface area contributed by atoms with E-state index in [1.54, 1.807) is 0 Å². The molecule has 4 aromatic carbocycles. The van der Waals surface area contributed by atoms with Crippen molar-refractivity contribution >= 4 is 6.09 Å². The SMILES string of the molecule is O=C(N[C@H](CO)Cc1cccc(Oc2ccccc2)c1)OCC1c2ccccc2-c2ccccc21. The van der Waals surface area contributed by atoms with Crippen LogP contribution in [-0.4, -0.2) is 30.5 Å². The molecule has 5 rings (SSSR count). The maximum Gasteiger partial charge on any atom is 0.407 e. The van der Waals surface area contributed by atoms with Gasteiger partial charge in [0.2, 0.25) is 0 Å². The van der Waals surface area contributed by atoms with Crippen molar-refractivity contribution < 1.29 is 19.4 Å². The van der Waals surface area contributed by atoms with Crippen LogP contribution in [-0.2, 0) is 11.2 Å². The normalized spacial score (nSPS) is 12.9. The van der Waals surface area contributed by atoms with E-state index in [1.807, 2.05) is 78.9 Å². The highest BCUT2D eigenvalue weighted by molar-refractivity contribution is 5.79. The lowest BCUT2D eigenvalue weighted by atomic mass is 9.98. The van der Waals surface area contributed by atoms with Crippen LogP contribution in [0, 0.1) is 0 Å². The summed E-state index contributed by atoms with van der Waals surface area (Å²) in [5.41, 5.74) is 5.63. The van der Waals surface area contributed by atoms with Gasteiger partial charge in [0.1, 0.15) is 18.1 Å². The lowest BCUT2D eigenvalue weighted by Crippen LogP contribution is -2.39. The van der Waals surface area contributed by atoms with E-state index >= 15 is 0 Å². The van der Waals surface area contributed by atoms with E-state index in [-0.39, 0.29) is 19.1 Å². The summed E-state index contributed by atoms with van der Waals surface area (Å²) in [7, 11) is 0. The maximum atomic E-state index is 12.6. The van der Waals surface area contributed by atoms with E-state index in [1.165, 1.54) is 11.1 Å².